The number of carboxylic acids is 1. The van der Waals surface area contributed by atoms with E-state index in [9.17, 15) is 14.7 Å². The molecule has 0 aromatic carbocycles. The normalized spacial score (nSPS) is 13.8. The van der Waals surface area contributed by atoms with Crippen LogP contribution in [0, 0.1) is 0 Å². The Morgan fingerprint density at radius 2 is 2.03 bits per heavy atom. The van der Waals surface area contributed by atoms with Crippen molar-refractivity contribution in [3.8, 4) is 5.88 Å². The number of aliphatic carboxylic acids is 1. The van der Waals surface area contributed by atoms with Crippen molar-refractivity contribution >= 4 is 17.6 Å². The van der Waals surface area contributed by atoms with Crippen LogP contribution in [-0.2, 0) is 22.4 Å². The molecule has 8 heteroatoms. The van der Waals surface area contributed by atoms with E-state index in [2.05, 4.69) is 32.6 Å². The molecule has 1 atom stereocenters. The maximum absolute atomic E-state index is 12.4. The lowest BCUT2D eigenvalue weighted by molar-refractivity contribution is -0.137. The number of nitrogens with zero attached hydrogens (tertiary/aromatic N) is 3. The molecule has 8 nitrogen and oxygen atoms in total. The Bertz CT molecular complexity index is 870. The van der Waals surface area contributed by atoms with Crippen molar-refractivity contribution in [2.75, 3.05) is 19.0 Å². The highest BCUT2D eigenvalue weighted by atomic mass is 16.5. The first kappa shape index (κ1) is 21.7. The zero-order valence-corrected chi connectivity index (χ0v) is 17.3. The first-order valence-corrected chi connectivity index (χ1v) is 10.4. The molecule has 0 saturated carbocycles. The number of carbonyl (C=O) groups excluding carboxylic acids is 1. The number of nitrogens with one attached hydrogen (secondary N) is 1. The lowest BCUT2D eigenvalue weighted by Crippen LogP contribution is -2.14. The van der Waals surface area contributed by atoms with E-state index >= 15 is 0 Å². The second-order valence-corrected chi connectivity index (χ2v) is 7.59. The van der Waals surface area contributed by atoms with Crippen molar-refractivity contribution in [3.63, 3.8) is 0 Å². The second-order valence-electron chi connectivity index (χ2n) is 7.59. The van der Waals surface area contributed by atoms with Crippen LogP contribution < -0.4 is 10.1 Å². The van der Waals surface area contributed by atoms with Crippen LogP contribution in [0.25, 0.3) is 0 Å². The molecule has 1 aliphatic heterocycles. The number of ketones is 1. The summed E-state index contributed by atoms with van der Waals surface area (Å²) < 4.78 is 4.98. The Balaban J connectivity index is 1.47. The van der Waals surface area contributed by atoms with Gasteiger partial charge in [0.2, 0.25) is 5.88 Å². The Morgan fingerprint density at radius 1 is 1.17 bits per heavy atom. The van der Waals surface area contributed by atoms with Gasteiger partial charge in [-0.3, -0.25) is 9.59 Å². The third-order valence-electron chi connectivity index (χ3n) is 5.27. The standard InChI is InChI=1S/C22H28N4O4/c1-30-20-11-10-19(25-26-20)16(14-21(28)29)13-18(27)7-3-2-6-17-9-8-15-5-4-12-23-22(15)24-17/h8-11,16H,2-7,12-14H2,1H3,(H,23,24)(H,28,29)/t16-/m1/s1. The fourth-order valence-electron chi connectivity index (χ4n) is 3.66. The number of carbonyl (C=O) groups is 2. The van der Waals surface area contributed by atoms with Crippen molar-refractivity contribution in [1.82, 2.24) is 15.2 Å². The summed E-state index contributed by atoms with van der Waals surface area (Å²) in [5.41, 5.74) is 2.80. The lowest BCUT2D eigenvalue weighted by Gasteiger charge is -2.17. The third kappa shape index (κ3) is 6.23. The van der Waals surface area contributed by atoms with E-state index < -0.39 is 11.9 Å². The molecule has 0 aliphatic carbocycles. The third-order valence-corrected chi connectivity index (χ3v) is 5.27. The Morgan fingerprint density at radius 3 is 2.77 bits per heavy atom. The van der Waals surface area contributed by atoms with Gasteiger partial charge in [0, 0.05) is 37.1 Å². The van der Waals surface area contributed by atoms with Gasteiger partial charge in [0.15, 0.2) is 0 Å². The number of hydrogen-bond donors (Lipinski definition) is 2. The molecule has 2 aromatic rings. The molecule has 0 spiro atoms. The molecule has 30 heavy (non-hydrogen) atoms. The predicted molar refractivity (Wildman–Crippen MR) is 112 cm³/mol. The number of methoxy groups -OCH3 is 1. The number of ether oxygens (including phenoxy) is 1. The minimum Gasteiger partial charge on any atom is -0.481 e. The summed E-state index contributed by atoms with van der Waals surface area (Å²) in [6.07, 6.45) is 5.06. The highest BCUT2D eigenvalue weighted by Crippen LogP contribution is 2.24. The molecular weight excluding hydrogens is 384 g/mol. The molecular formula is C22H28N4O4. The molecule has 0 bridgehead atoms. The number of aryl methyl sites for hydroxylation is 2. The van der Waals surface area contributed by atoms with E-state index in [1.165, 1.54) is 12.7 Å². The molecule has 0 radical (unpaired) electrons. The van der Waals surface area contributed by atoms with Crippen molar-refractivity contribution < 1.29 is 19.4 Å². The number of Topliss-reactive ketones (excluding diaryl/α,β-unsaturated/α-hetero) is 1. The summed E-state index contributed by atoms with van der Waals surface area (Å²) in [6, 6.07) is 7.50. The maximum atomic E-state index is 12.4. The zero-order chi connectivity index (χ0) is 21.3. The maximum Gasteiger partial charge on any atom is 0.304 e. The van der Waals surface area contributed by atoms with Crippen LogP contribution in [0.15, 0.2) is 24.3 Å². The number of unbranched alkanes of at least 4 members (excludes halogenated alkanes) is 1. The first-order valence-electron chi connectivity index (χ1n) is 10.4. The minimum absolute atomic E-state index is 0.0407. The molecule has 3 heterocycles. The Labute approximate surface area is 176 Å². The van der Waals surface area contributed by atoms with Gasteiger partial charge in [-0.25, -0.2) is 4.98 Å². The van der Waals surface area contributed by atoms with E-state index in [1.54, 1.807) is 12.1 Å². The quantitative estimate of drug-likeness (QED) is 0.541. The van der Waals surface area contributed by atoms with Crippen LogP contribution in [0.1, 0.15) is 61.4 Å². The van der Waals surface area contributed by atoms with Crippen LogP contribution in [0.4, 0.5) is 5.82 Å². The van der Waals surface area contributed by atoms with Crippen molar-refractivity contribution in [3.05, 3.63) is 41.2 Å². The molecule has 2 aromatic heterocycles. The number of fused-ring (bicyclic) bond motifs is 1. The number of aromatic nitrogens is 3. The summed E-state index contributed by atoms with van der Waals surface area (Å²) >= 11 is 0. The zero-order valence-electron chi connectivity index (χ0n) is 17.3. The van der Waals surface area contributed by atoms with Crippen molar-refractivity contribution in [2.45, 2.75) is 57.3 Å². The molecule has 3 rings (SSSR count). The average molecular weight is 412 g/mol. The SMILES string of the molecule is COc1ccc([C@@H](CC(=O)O)CC(=O)CCCCc2ccc3c(n2)NCCC3)nn1. The van der Waals surface area contributed by atoms with E-state index in [-0.39, 0.29) is 18.6 Å². The monoisotopic (exact) mass is 412 g/mol. The first-order chi connectivity index (χ1) is 14.5. The molecule has 160 valence electrons. The molecule has 1 aliphatic rings. The highest BCUT2D eigenvalue weighted by molar-refractivity contribution is 5.80. The molecule has 0 unspecified atom stereocenters. The number of rotatable bonds is 11. The predicted octanol–water partition coefficient (Wildman–Crippen LogP) is 3.17. The fourth-order valence-corrected chi connectivity index (χ4v) is 3.66. The topological polar surface area (TPSA) is 114 Å². The Hall–Kier alpha value is -3.03. The summed E-state index contributed by atoms with van der Waals surface area (Å²) in [6.45, 7) is 0.966. The van der Waals surface area contributed by atoms with Gasteiger partial charge in [-0.1, -0.05) is 6.07 Å². The molecule has 0 amide bonds. The van der Waals surface area contributed by atoms with Crippen molar-refractivity contribution in [1.29, 1.82) is 0 Å². The van der Waals surface area contributed by atoms with Crippen LogP contribution in [0.2, 0.25) is 0 Å². The largest absolute Gasteiger partial charge is 0.481 e. The van der Waals surface area contributed by atoms with Crippen LogP contribution >= 0.6 is 0 Å². The number of anilines is 1. The molecule has 0 fully saturated rings. The Kier molecular flexibility index (Phi) is 7.70. The summed E-state index contributed by atoms with van der Waals surface area (Å²) in [4.78, 5) is 28.3. The summed E-state index contributed by atoms with van der Waals surface area (Å²) in [7, 11) is 1.48. The lowest BCUT2D eigenvalue weighted by atomic mass is 9.93. The summed E-state index contributed by atoms with van der Waals surface area (Å²) in [5, 5.41) is 20.4. The van der Waals surface area contributed by atoms with Gasteiger partial charge in [-0.2, -0.15) is 5.10 Å². The van der Waals surface area contributed by atoms with Gasteiger partial charge in [0.25, 0.3) is 0 Å². The average Bonchev–Trinajstić information content (AvgIpc) is 2.76. The second kappa shape index (κ2) is 10.7. The van der Waals surface area contributed by atoms with Gasteiger partial charge in [-0.15, -0.1) is 5.10 Å². The smallest absolute Gasteiger partial charge is 0.304 e. The van der Waals surface area contributed by atoms with Crippen LogP contribution in [-0.4, -0.2) is 45.7 Å². The van der Waals surface area contributed by atoms with Gasteiger partial charge in [-0.05, 0) is 49.8 Å². The van der Waals surface area contributed by atoms with Crippen molar-refractivity contribution in [2.24, 2.45) is 0 Å². The van der Waals surface area contributed by atoms with Gasteiger partial charge in [0.1, 0.15) is 11.6 Å². The van der Waals surface area contributed by atoms with Gasteiger partial charge in [0.05, 0.1) is 19.2 Å². The minimum atomic E-state index is -0.961. The van der Waals surface area contributed by atoms with Crippen LogP contribution in [0.3, 0.4) is 0 Å². The number of pyridine rings is 1. The number of carboxylic acid groups (broad SMARTS) is 1. The molecule has 2 N–H and O–H groups in total. The van der Waals surface area contributed by atoms with E-state index in [4.69, 9.17) is 4.74 Å². The van der Waals surface area contributed by atoms with Gasteiger partial charge >= 0.3 is 5.97 Å². The van der Waals surface area contributed by atoms with E-state index in [0.29, 0.717) is 18.0 Å². The van der Waals surface area contributed by atoms with E-state index in [0.717, 1.165) is 50.2 Å². The van der Waals surface area contributed by atoms with E-state index in [1.807, 2.05) is 0 Å². The summed E-state index contributed by atoms with van der Waals surface area (Å²) in [5.74, 6) is -0.0599. The van der Waals surface area contributed by atoms with Gasteiger partial charge < -0.3 is 15.2 Å². The number of hydrogen-bond acceptors (Lipinski definition) is 7. The van der Waals surface area contributed by atoms with Crippen LogP contribution in [0.5, 0.6) is 5.88 Å². The fraction of sp³-hybridized carbons (Fsp3) is 0.500. The highest BCUT2D eigenvalue weighted by Gasteiger charge is 2.21. The molecule has 0 saturated heterocycles.